The van der Waals surface area contributed by atoms with Crippen molar-refractivity contribution in [1.82, 2.24) is 14.8 Å². The van der Waals surface area contributed by atoms with E-state index in [4.69, 9.17) is 4.74 Å². The highest BCUT2D eigenvalue weighted by atomic mass is 32.2. The first-order valence-electron chi connectivity index (χ1n) is 9.97. The van der Waals surface area contributed by atoms with Gasteiger partial charge in [-0.25, -0.2) is 4.79 Å². The van der Waals surface area contributed by atoms with E-state index in [1.165, 1.54) is 18.9 Å². The molecule has 0 bridgehead atoms. The van der Waals surface area contributed by atoms with Crippen molar-refractivity contribution in [3.8, 4) is 22.8 Å². The maximum Gasteiger partial charge on any atom is 0.339 e. The molecule has 0 spiro atoms. The van der Waals surface area contributed by atoms with E-state index >= 15 is 0 Å². The summed E-state index contributed by atoms with van der Waals surface area (Å²) >= 11 is 1.19. The van der Waals surface area contributed by atoms with Gasteiger partial charge >= 0.3 is 5.97 Å². The first kappa shape index (κ1) is 22.1. The number of methoxy groups -OCH3 is 1. The van der Waals surface area contributed by atoms with Crippen LogP contribution in [0.15, 0.2) is 84.0 Å². The van der Waals surface area contributed by atoms with Crippen LogP contribution in [0.2, 0.25) is 0 Å². The Labute approximate surface area is 194 Å². The number of nitrogens with one attached hydrogen (secondary N) is 1. The van der Waals surface area contributed by atoms with Crippen molar-refractivity contribution in [3.05, 3.63) is 84.4 Å². The molecule has 0 aliphatic carbocycles. The maximum atomic E-state index is 12.6. The van der Waals surface area contributed by atoms with Crippen molar-refractivity contribution in [3.63, 3.8) is 0 Å². The van der Waals surface area contributed by atoms with Gasteiger partial charge in [0.2, 0.25) is 5.91 Å². The third-order valence-corrected chi connectivity index (χ3v) is 5.66. The third kappa shape index (κ3) is 4.88. The lowest BCUT2D eigenvalue weighted by Crippen LogP contribution is -2.17. The van der Waals surface area contributed by atoms with Crippen molar-refractivity contribution in [2.45, 2.75) is 5.16 Å². The number of carbonyl (C=O) groups excluding carboxylic acids is 2. The normalized spacial score (nSPS) is 10.6. The topological polar surface area (TPSA) is 106 Å². The Morgan fingerprint density at radius 2 is 1.67 bits per heavy atom. The van der Waals surface area contributed by atoms with E-state index in [2.05, 4.69) is 15.5 Å². The van der Waals surface area contributed by atoms with Crippen molar-refractivity contribution in [2.75, 3.05) is 18.2 Å². The quantitative estimate of drug-likeness (QED) is 0.315. The van der Waals surface area contributed by atoms with Gasteiger partial charge in [-0.3, -0.25) is 9.36 Å². The number of aromatic nitrogens is 3. The number of hydrogen-bond acceptors (Lipinski definition) is 7. The lowest BCUT2D eigenvalue weighted by molar-refractivity contribution is -0.113. The maximum absolute atomic E-state index is 12.6. The third-order valence-electron chi connectivity index (χ3n) is 4.73. The molecule has 166 valence electrons. The molecule has 1 aromatic heterocycles. The number of phenols is 1. The number of benzene rings is 3. The molecule has 0 atom stereocenters. The minimum Gasteiger partial charge on any atom is -0.507 e. The molecule has 0 radical (unpaired) electrons. The number of carbonyl (C=O) groups is 2. The molecule has 8 nitrogen and oxygen atoms in total. The van der Waals surface area contributed by atoms with Gasteiger partial charge in [0.25, 0.3) is 0 Å². The van der Waals surface area contributed by atoms with Crippen LogP contribution in [0.3, 0.4) is 0 Å². The molecule has 0 saturated heterocycles. The van der Waals surface area contributed by atoms with Crippen LogP contribution < -0.4 is 5.32 Å². The van der Waals surface area contributed by atoms with Gasteiger partial charge in [-0.15, -0.1) is 10.2 Å². The van der Waals surface area contributed by atoms with E-state index in [-0.39, 0.29) is 23.0 Å². The average molecular weight is 461 g/mol. The molecule has 4 aromatic rings. The number of nitrogens with zero attached hydrogens (tertiary/aromatic N) is 3. The van der Waals surface area contributed by atoms with E-state index in [0.29, 0.717) is 22.2 Å². The second-order valence-corrected chi connectivity index (χ2v) is 7.81. The summed E-state index contributed by atoms with van der Waals surface area (Å²) in [7, 11) is 1.29. The van der Waals surface area contributed by atoms with Crippen LogP contribution in [0.1, 0.15) is 10.4 Å². The lowest BCUT2D eigenvalue weighted by Gasteiger charge is -2.12. The van der Waals surface area contributed by atoms with E-state index in [1.807, 2.05) is 30.3 Å². The van der Waals surface area contributed by atoms with Crippen LogP contribution in [-0.2, 0) is 9.53 Å². The number of aromatic hydroxyl groups is 1. The number of thioether (sulfide) groups is 1. The summed E-state index contributed by atoms with van der Waals surface area (Å²) in [5.41, 5.74) is 1.96. The second kappa shape index (κ2) is 10.0. The number of anilines is 1. The smallest absolute Gasteiger partial charge is 0.339 e. The van der Waals surface area contributed by atoms with Gasteiger partial charge in [0.05, 0.1) is 29.7 Å². The lowest BCUT2D eigenvalue weighted by atomic mass is 10.2. The molecule has 9 heteroatoms. The number of para-hydroxylation sites is 3. The van der Waals surface area contributed by atoms with Gasteiger partial charge in [0.15, 0.2) is 11.0 Å². The zero-order valence-corrected chi connectivity index (χ0v) is 18.5. The largest absolute Gasteiger partial charge is 0.507 e. The summed E-state index contributed by atoms with van der Waals surface area (Å²) in [6.07, 6.45) is 0. The molecular weight excluding hydrogens is 440 g/mol. The highest BCUT2D eigenvalue weighted by Gasteiger charge is 2.20. The second-order valence-electron chi connectivity index (χ2n) is 6.87. The SMILES string of the molecule is COC(=O)c1ccccc1NC(=O)CSc1nnc(-c2ccccc2O)n1-c1ccccc1. The average Bonchev–Trinajstić information content (AvgIpc) is 3.27. The number of amides is 1. The summed E-state index contributed by atoms with van der Waals surface area (Å²) in [5.74, 6) is -0.284. The predicted molar refractivity (Wildman–Crippen MR) is 126 cm³/mol. The van der Waals surface area contributed by atoms with Gasteiger partial charge in [0, 0.05) is 5.69 Å². The summed E-state index contributed by atoms with van der Waals surface area (Å²) in [6.45, 7) is 0. The fourth-order valence-corrected chi connectivity index (χ4v) is 3.96. The summed E-state index contributed by atoms with van der Waals surface area (Å²) in [4.78, 5) is 24.6. The molecule has 33 heavy (non-hydrogen) atoms. The first-order chi connectivity index (χ1) is 16.1. The predicted octanol–water partition coefficient (Wildman–Crippen LogP) is 4.16. The van der Waals surface area contributed by atoms with Crippen molar-refractivity contribution >= 4 is 29.3 Å². The summed E-state index contributed by atoms with van der Waals surface area (Å²) in [6, 6.07) is 23.0. The zero-order valence-electron chi connectivity index (χ0n) is 17.6. The van der Waals surface area contributed by atoms with Crippen LogP contribution >= 0.6 is 11.8 Å². The molecule has 0 unspecified atom stereocenters. The van der Waals surface area contributed by atoms with Crippen LogP contribution in [0, 0.1) is 0 Å². The first-order valence-corrected chi connectivity index (χ1v) is 11.0. The van der Waals surface area contributed by atoms with Crippen molar-refractivity contribution < 1.29 is 19.4 Å². The van der Waals surface area contributed by atoms with Crippen LogP contribution in [0.4, 0.5) is 5.69 Å². The molecule has 0 saturated carbocycles. The zero-order chi connectivity index (χ0) is 23.2. The summed E-state index contributed by atoms with van der Waals surface area (Å²) < 4.78 is 6.56. The molecular formula is C24H20N4O4S. The monoisotopic (exact) mass is 460 g/mol. The number of esters is 1. The minimum atomic E-state index is -0.533. The van der Waals surface area contributed by atoms with Gasteiger partial charge < -0.3 is 15.2 Å². The Hall–Kier alpha value is -4.11. The Kier molecular flexibility index (Phi) is 6.70. The highest BCUT2D eigenvalue weighted by Crippen LogP contribution is 2.32. The van der Waals surface area contributed by atoms with Crippen molar-refractivity contribution in [2.24, 2.45) is 0 Å². The number of rotatable bonds is 7. The molecule has 1 amide bonds. The van der Waals surface area contributed by atoms with Gasteiger partial charge in [-0.2, -0.15) is 0 Å². The fourth-order valence-electron chi connectivity index (χ4n) is 3.21. The molecule has 0 aliphatic rings. The van der Waals surface area contributed by atoms with Crippen LogP contribution in [0.25, 0.3) is 17.1 Å². The molecule has 2 N–H and O–H groups in total. The molecule has 1 heterocycles. The minimum absolute atomic E-state index is 0.0290. The number of phenolic OH excluding ortho intramolecular Hbond substituents is 1. The van der Waals surface area contributed by atoms with E-state index in [9.17, 15) is 14.7 Å². The molecule has 0 aliphatic heterocycles. The van der Waals surface area contributed by atoms with Crippen LogP contribution in [0.5, 0.6) is 5.75 Å². The molecule has 4 rings (SSSR count). The Bertz CT molecular complexity index is 1290. The van der Waals surface area contributed by atoms with Gasteiger partial charge in [0.1, 0.15) is 5.75 Å². The highest BCUT2D eigenvalue weighted by molar-refractivity contribution is 7.99. The van der Waals surface area contributed by atoms with E-state index in [1.54, 1.807) is 53.1 Å². The Balaban J connectivity index is 1.59. The number of ether oxygens (including phenoxy) is 1. The van der Waals surface area contributed by atoms with E-state index in [0.717, 1.165) is 5.69 Å². The van der Waals surface area contributed by atoms with Crippen LogP contribution in [-0.4, -0.2) is 44.6 Å². The van der Waals surface area contributed by atoms with Gasteiger partial charge in [-0.1, -0.05) is 54.2 Å². The fraction of sp³-hybridized carbons (Fsp3) is 0.0833. The number of hydrogen-bond donors (Lipinski definition) is 2. The molecule has 0 fully saturated rings. The van der Waals surface area contributed by atoms with E-state index < -0.39 is 5.97 Å². The van der Waals surface area contributed by atoms with Crippen molar-refractivity contribution in [1.29, 1.82) is 0 Å². The molecule has 3 aromatic carbocycles. The Morgan fingerprint density at radius 1 is 0.970 bits per heavy atom. The Morgan fingerprint density at radius 3 is 2.42 bits per heavy atom. The standard InChI is InChI=1S/C24H20N4O4S/c1-32-23(31)17-11-5-7-13-19(17)25-21(30)15-33-24-27-26-22(18-12-6-8-14-20(18)29)28(24)16-9-3-2-4-10-16/h2-14,29H,15H2,1H3,(H,25,30). The van der Waals surface area contributed by atoms with Gasteiger partial charge in [-0.05, 0) is 36.4 Å². The summed E-state index contributed by atoms with van der Waals surface area (Å²) in [5, 5.41) is 22.1.